The Balaban J connectivity index is 2.28. The van der Waals surface area contributed by atoms with Crippen LogP contribution in [0.1, 0.15) is 31.0 Å². The molecule has 1 aromatic carbocycles. The molecule has 1 aromatic heterocycles. The standard InChI is InChI=1S/C14H14Cl3N3/c1-3-10-13(17)18-7-19-14(10)20-8(2)11-5-4-9(15)6-12(11)16/h4-8H,3H2,1-2H3,(H,18,19,20). The summed E-state index contributed by atoms with van der Waals surface area (Å²) in [6.07, 6.45) is 2.20. The lowest BCUT2D eigenvalue weighted by molar-refractivity contribution is 0.863. The molecule has 6 heteroatoms. The van der Waals surface area contributed by atoms with E-state index in [0.717, 1.165) is 23.4 Å². The maximum absolute atomic E-state index is 6.21. The fourth-order valence-electron chi connectivity index (χ4n) is 1.96. The number of halogens is 3. The van der Waals surface area contributed by atoms with Crippen molar-refractivity contribution in [2.24, 2.45) is 0 Å². The molecule has 0 aliphatic heterocycles. The van der Waals surface area contributed by atoms with Gasteiger partial charge in [0.1, 0.15) is 17.3 Å². The summed E-state index contributed by atoms with van der Waals surface area (Å²) in [6, 6.07) is 5.42. The molecule has 0 aliphatic carbocycles. The Kier molecular flexibility index (Phi) is 5.08. The first-order valence-corrected chi connectivity index (χ1v) is 7.37. The molecule has 1 N–H and O–H groups in total. The summed E-state index contributed by atoms with van der Waals surface area (Å²) >= 11 is 18.2. The maximum atomic E-state index is 6.21. The molecule has 0 aliphatic rings. The second-order valence-electron chi connectivity index (χ2n) is 4.38. The quantitative estimate of drug-likeness (QED) is 0.786. The number of benzene rings is 1. The van der Waals surface area contributed by atoms with Crippen molar-refractivity contribution in [2.45, 2.75) is 26.3 Å². The van der Waals surface area contributed by atoms with Crippen molar-refractivity contribution in [3.05, 3.63) is 50.9 Å². The van der Waals surface area contributed by atoms with Gasteiger partial charge in [0.2, 0.25) is 0 Å². The van der Waals surface area contributed by atoms with Crippen LogP contribution >= 0.6 is 34.8 Å². The van der Waals surface area contributed by atoms with Crippen LogP contribution in [-0.2, 0) is 6.42 Å². The van der Waals surface area contributed by atoms with Crippen LogP contribution in [0.3, 0.4) is 0 Å². The van der Waals surface area contributed by atoms with Crippen LogP contribution in [0.2, 0.25) is 15.2 Å². The average molecular weight is 331 g/mol. The number of hydrogen-bond donors (Lipinski definition) is 1. The van der Waals surface area contributed by atoms with E-state index >= 15 is 0 Å². The second kappa shape index (κ2) is 6.61. The van der Waals surface area contributed by atoms with E-state index in [2.05, 4.69) is 15.3 Å². The Hall–Kier alpha value is -1.03. The third-order valence-corrected chi connectivity index (χ3v) is 3.92. The largest absolute Gasteiger partial charge is 0.363 e. The average Bonchev–Trinajstić information content (AvgIpc) is 2.38. The Morgan fingerprint density at radius 3 is 2.60 bits per heavy atom. The molecule has 1 heterocycles. The van der Waals surface area contributed by atoms with Crippen LogP contribution in [-0.4, -0.2) is 9.97 Å². The van der Waals surface area contributed by atoms with Crippen molar-refractivity contribution in [1.82, 2.24) is 9.97 Å². The van der Waals surface area contributed by atoms with Crippen molar-refractivity contribution in [3.63, 3.8) is 0 Å². The molecular weight excluding hydrogens is 317 g/mol. The van der Waals surface area contributed by atoms with E-state index in [1.165, 1.54) is 6.33 Å². The van der Waals surface area contributed by atoms with E-state index < -0.39 is 0 Å². The molecular formula is C14H14Cl3N3. The molecule has 106 valence electrons. The van der Waals surface area contributed by atoms with Gasteiger partial charge in [-0.2, -0.15) is 0 Å². The van der Waals surface area contributed by atoms with Crippen LogP contribution in [0.5, 0.6) is 0 Å². The Labute approximate surface area is 133 Å². The van der Waals surface area contributed by atoms with Gasteiger partial charge in [-0.05, 0) is 31.0 Å². The van der Waals surface area contributed by atoms with Gasteiger partial charge in [-0.15, -0.1) is 0 Å². The number of nitrogens with zero attached hydrogens (tertiary/aromatic N) is 2. The van der Waals surface area contributed by atoms with E-state index in [9.17, 15) is 0 Å². The number of aromatic nitrogens is 2. The van der Waals surface area contributed by atoms with E-state index in [4.69, 9.17) is 34.8 Å². The topological polar surface area (TPSA) is 37.8 Å². The SMILES string of the molecule is CCc1c(Cl)ncnc1NC(C)c1ccc(Cl)cc1Cl. The van der Waals surface area contributed by atoms with Crippen LogP contribution in [0.15, 0.2) is 24.5 Å². The first-order valence-electron chi connectivity index (χ1n) is 6.23. The number of hydrogen-bond acceptors (Lipinski definition) is 3. The van der Waals surface area contributed by atoms with Crippen LogP contribution in [0.25, 0.3) is 0 Å². The van der Waals surface area contributed by atoms with Crippen molar-refractivity contribution < 1.29 is 0 Å². The van der Waals surface area contributed by atoms with E-state index in [1.807, 2.05) is 26.0 Å². The number of rotatable bonds is 4. The van der Waals surface area contributed by atoms with Gasteiger partial charge in [0.15, 0.2) is 0 Å². The minimum atomic E-state index is -0.0176. The molecule has 0 spiro atoms. The highest BCUT2D eigenvalue weighted by molar-refractivity contribution is 6.35. The highest BCUT2D eigenvalue weighted by atomic mass is 35.5. The summed E-state index contributed by atoms with van der Waals surface area (Å²) in [5.74, 6) is 0.728. The Bertz CT molecular complexity index is 617. The lowest BCUT2D eigenvalue weighted by atomic mass is 10.1. The lowest BCUT2D eigenvalue weighted by Gasteiger charge is -2.18. The summed E-state index contributed by atoms with van der Waals surface area (Å²) in [4.78, 5) is 8.24. The maximum Gasteiger partial charge on any atom is 0.137 e. The smallest absolute Gasteiger partial charge is 0.137 e. The minimum absolute atomic E-state index is 0.0176. The van der Waals surface area contributed by atoms with Gasteiger partial charge in [0.05, 0.1) is 6.04 Å². The Morgan fingerprint density at radius 2 is 1.95 bits per heavy atom. The third kappa shape index (κ3) is 3.35. The van der Waals surface area contributed by atoms with Gasteiger partial charge in [-0.25, -0.2) is 9.97 Å². The number of anilines is 1. The Morgan fingerprint density at radius 1 is 1.20 bits per heavy atom. The predicted molar refractivity (Wildman–Crippen MR) is 84.9 cm³/mol. The summed E-state index contributed by atoms with van der Waals surface area (Å²) in [7, 11) is 0. The van der Waals surface area contributed by atoms with Crippen molar-refractivity contribution >= 4 is 40.6 Å². The summed E-state index contributed by atoms with van der Waals surface area (Å²) < 4.78 is 0. The molecule has 2 aromatic rings. The van der Waals surface area contributed by atoms with Crippen molar-refractivity contribution in [2.75, 3.05) is 5.32 Å². The fourth-order valence-corrected chi connectivity index (χ4v) is 2.80. The van der Waals surface area contributed by atoms with Crippen molar-refractivity contribution in [3.8, 4) is 0 Å². The van der Waals surface area contributed by atoms with Crippen LogP contribution in [0.4, 0.5) is 5.82 Å². The molecule has 1 unspecified atom stereocenters. The van der Waals surface area contributed by atoms with Gasteiger partial charge in [0, 0.05) is 15.6 Å². The van der Waals surface area contributed by atoms with Gasteiger partial charge in [-0.3, -0.25) is 0 Å². The van der Waals surface area contributed by atoms with Gasteiger partial charge < -0.3 is 5.32 Å². The number of nitrogens with one attached hydrogen (secondary N) is 1. The first-order chi connectivity index (χ1) is 9.52. The zero-order valence-corrected chi connectivity index (χ0v) is 13.4. The fraction of sp³-hybridized carbons (Fsp3) is 0.286. The summed E-state index contributed by atoms with van der Waals surface area (Å²) in [6.45, 7) is 4.01. The lowest BCUT2D eigenvalue weighted by Crippen LogP contribution is -2.11. The van der Waals surface area contributed by atoms with Gasteiger partial charge in [0.25, 0.3) is 0 Å². The molecule has 0 amide bonds. The molecule has 1 atom stereocenters. The molecule has 20 heavy (non-hydrogen) atoms. The molecule has 0 bridgehead atoms. The third-order valence-electron chi connectivity index (χ3n) is 3.03. The monoisotopic (exact) mass is 329 g/mol. The molecule has 0 fully saturated rings. The highest BCUT2D eigenvalue weighted by Gasteiger charge is 2.14. The molecule has 3 nitrogen and oxygen atoms in total. The van der Waals surface area contributed by atoms with E-state index in [-0.39, 0.29) is 6.04 Å². The van der Waals surface area contributed by atoms with Crippen molar-refractivity contribution in [1.29, 1.82) is 0 Å². The summed E-state index contributed by atoms with van der Waals surface area (Å²) in [5, 5.41) is 5.02. The highest BCUT2D eigenvalue weighted by Crippen LogP contribution is 2.29. The zero-order valence-electron chi connectivity index (χ0n) is 11.1. The summed E-state index contributed by atoms with van der Waals surface area (Å²) in [5.41, 5.74) is 1.85. The molecule has 0 radical (unpaired) electrons. The predicted octanol–water partition coefficient (Wildman–Crippen LogP) is 5.17. The van der Waals surface area contributed by atoms with Crippen LogP contribution < -0.4 is 5.32 Å². The molecule has 0 saturated heterocycles. The molecule has 0 saturated carbocycles. The van der Waals surface area contributed by atoms with E-state index in [1.54, 1.807) is 6.07 Å². The minimum Gasteiger partial charge on any atom is -0.363 e. The van der Waals surface area contributed by atoms with E-state index in [0.29, 0.717) is 15.2 Å². The van der Waals surface area contributed by atoms with Gasteiger partial charge >= 0.3 is 0 Å². The van der Waals surface area contributed by atoms with Crippen LogP contribution in [0, 0.1) is 0 Å². The zero-order chi connectivity index (χ0) is 14.7. The first kappa shape index (κ1) is 15.4. The molecule has 2 rings (SSSR count). The normalized spacial score (nSPS) is 12.2. The second-order valence-corrected chi connectivity index (χ2v) is 5.58. The van der Waals surface area contributed by atoms with Gasteiger partial charge in [-0.1, -0.05) is 47.8 Å².